The second-order valence-corrected chi connectivity index (χ2v) is 5.03. The van der Waals surface area contributed by atoms with E-state index in [1.807, 2.05) is 0 Å². The highest BCUT2D eigenvalue weighted by atomic mass is 16.2. The molecule has 2 aromatic rings. The molecule has 0 radical (unpaired) electrons. The smallest absolute Gasteiger partial charge is 0.253 e. The molecular formula is C14H16N4O2. The predicted molar refractivity (Wildman–Crippen MR) is 76.2 cm³/mol. The Morgan fingerprint density at radius 2 is 2.15 bits per heavy atom. The molecular weight excluding hydrogens is 256 g/mol. The number of hydrogen-bond donors (Lipinski definition) is 4. The Morgan fingerprint density at radius 3 is 2.90 bits per heavy atom. The lowest BCUT2D eigenvalue weighted by atomic mass is 10.1. The molecule has 1 aliphatic carbocycles. The van der Waals surface area contributed by atoms with E-state index in [9.17, 15) is 9.59 Å². The Balaban J connectivity index is 1.67. The van der Waals surface area contributed by atoms with Crippen molar-refractivity contribution in [2.24, 2.45) is 0 Å². The molecule has 20 heavy (non-hydrogen) atoms. The number of fused-ring (bicyclic) bond motifs is 1. The third-order valence-electron chi connectivity index (χ3n) is 3.30. The standard InChI is InChI=1S/C14H16N4O2/c15-8-1-4-10-11(6-16-12(10)5-8)14(20)17-7-13(19)18-9-2-3-9/h1,4-6,9,16H,2-3,7,15H2,(H,17,20)(H,18,19). The van der Waals surface area contributed by atoms with E-state index in [1.165, 1.54) is 0 Å². The maximum atomic E-state index is 12.1. The third-order valence-corrected chi connectivity index (χ3v) is 3.30. The number of hydrogen-bond acceptors (Lipinski definition) is 3. The molecule has 1 aromatic heterocycles. The zero-order chi connectivity index (χ0) is 14.1. The fourth-order valence-corrected chi connectivity index (χ4v) is 2.09. The molecule has 0 saturated heterocycles. The van der Waals surface area contributed by atoms with Crippen molar-refractivity contribution in [1.29, 1.82) is 0 Å². The highest BCUT2D eigenvalue weighted by Gasteiger charge is 2.23. The number of aromatic amines is 1. The Hall–Kier alpha value is -2.50. The van der Waals surface area contributed by atoms with E-state index in [0.29, 0.717) is 17.3 Å². The summed E-state index contributed by atoms with van der Waals surface area (Å²) < 4.78 is 0. The van der Waals surface area contributed by atoms with Crippen LogP contribution >= 0.6 is 0 Å². The Morgan fingerprint density at radius 1 is 1.35 bits per heavy atom. The summed E-state index contributed by atoms with van der Waals surface area (Å²) in [6.07, 6.45) is 3.69. The molecule has 0 aliphatic heterocycles. The number of rotatable bonds is 4. The van der Waals surface area contributed by atoms with Gasteiger partial charge in [0, 0.05) is 28.8 Å². The van der Waals surface area contributed by atoms with Crippen molar-refractivity contribution in [3.63, 3.8) is 0 Å². The van der Waals surface area contributed by atoms with Crippen LogP contribution in [-0.4, -0.2) is 29.4 Å². The molecule has 0 atom stereocenters. The van der Waals surface area contributed by atoms with E-state index in [4.69, 9.17) is 5.73 Å². The fourth-order valence-electron chi connectivity index (χ4n) is 2.09. The molecule has 3 rings (SSSR count). The van der Waals surface area contributed by atoms with Crippen molar-refractivity contribution < 1.29 is 9.59 Å². The highest BCUT2D eigenvalue weighted by molar-refractivity contribution is 6.07. The lowest BCUT2D eigenvalue weighted by Crippen LogP contribution is -2.37. The van der Waals surface area contributed by atoms with Crippen LogP contribution in [0.3, 0.4) is 0 Å². The number of nitrogen functional groups attached to an aromatic ring is 1. The highest BCUT2D eigenvalue weighted by Crippen LogP contribution is 2.20. The van der Waals surface area contributed by atoms with Crippen LogP contribution in [0.2, 0.25) is 0 Å². The van der Waals surface area contributed by atoms with Crippen LogP contribution in [0.5, 0.6) is 0 Å². The minimum absolute atomic E-state index is 0.00300. The molecule has 6 nitrogen and oxygen atoms in total. The van der Waals surface area contributed by atoms with Crippen molar-refractivity contribution in [2.75, 3.05) is 12.3 Å². The van der Waals surface area contributed by atoms with Gasteiger partial charge in [0.15, 0.2) is 0 Å². The lowest BCUT2D eigenvalue weighted by molar-refractivity contribution is -0.120. The first-order valence-corrected chi connectivity index (χ1v) is 6.57. The van der Waals surface area contributed by atoms with Gasteiger partial charge in [-0.3, -0.25) is 9.59 Å². The monoisotopic (exact) mass is 272 g/mol. The van der Waals surface area contributed by atoms with Gasteiger partial charge >= 0.3 is 0 Å². The molecule has 1 saturated carbocycles. The van der Waals surface area contributed by atoms with Crippen LogP contribution in [0.15, 0.2) is 24.4 Å². The van der Waals surface area contributed by atoms with Crippen LogP contribution in [0.1, 0.15) is 23.2 Å². The number of nitrogens with one attached hydrogen (secondary N) is 3. The summed E-state index contributed by atoms with van der Waals surface area (Å²) >= 11 is 0. The summed E-state index contributed by atoms with van der Waals surface area (Å²) in [7, 11) is 0. The number of nitrogens with two attached hydrogens (primary N) is 1. The summed E-state index contributed by atoms with van der Waals surface area (Å²) in [6.45, 7) is -0.00300. The van der Waals surface area contributed by atoms with Crippen LogP contribution in [-0.2, 0) is 4.79 Å². The van der Waals surface area contributed by atoms with Crippen LogP contribution in [0.4, 0.5) is 5.69 Å². The van der Waals surface area contributed by atoms with Crippen LogP contribution in [0, 0.1) is 0 Å². The normalized spacial score (nSPS) is 14.2. The number of carbonyl (C=O) groups is 2. The molecule has 0 spiro atoms. The Kier molecular flexibility index (Phi) is 3.06. The topological polar surface area (TPSA) is 100 Å². The van der Waals surface area contributed by atoms with Crippen molar-refractivity contribution in [2.45, 2.75) is 18.9 Å². The average Bonchev–Trinajstić information content (AvgIpc) is 3.13. The molecule has 104 valence electrons. The summed E-state index contributed by atoms with van der Waals surface area (Å²) in [4.78, 5) is 26.6. The lowest BCUT2D eigenvalue weighted by Gasteiger charge is -2.05. The molecule has 1 fully saturated rings. The van der Waals surface area contributed by atoms with Crippen molar-refractivity contribution in [1.82, 2.24) is 15.6 Å². The fraction of sp³-hybridized carbons (Fsp3) is 0.286. The van der Waals surface area contributed by atoms with Crippen LogP contribution in [0.25, 0.3) is 10.9 Å². The first-order chi connectivity index (χ1) is 9.63. The SMILES string of the molecule is Nc1ccc2c(C(=O)NCC(=O)NC3CC3)c[nH]c2c1. The summed E-state index contributed by atoms with van der Waals surface area (Å²) in [5, 5.41) is 6.23. The average molecular weight is 272 g/mol. The van der Waals surface area contributed by atoms with Crippen LogP contribution < -0.4 is 16.4 Å². The minimum Gasteiger partial charge on any atom is -0.399 e. The Bertz CT molecular complexity index is 673. The van der Waals surface area contributed by atoms with E-state index in [-0.39, 0.29) is 18.4 Å². The van der Waals surface area contributed by atoms with E-state index in [2.05, 4.69) is 15.6 Å². The molecule has 0 bridgehead atoms. The first-order valence-electron chi connectivity index (χ1n) is 6.57. The number of H-pyrrole nitrogens is 1. The zero-order valence-electron chi connectivity index (χ0n) is 10.9. The van der Waals surface area contributed by atoms with Crippen molar-refractivity contribution in [3.05, 3.63) is 30.0 Å². The van der Waals surface area contributed by atoms with Gasteiger partial charge in [0.1, 0.15) is 0 Å². The quantitative estimate of drug-likeness (QED) is 0.618. The second kappa shape index (κ2) is 4.88. The maximum Gasteiger partial charge on any atom is 0.253 e. The van der Waals surface area contributed by atoms with Gasteiger partial charge in [-0.25, -0.2) is 0 Å². The number of benzene rings is 1. The largest absolute Gasteiger partial charge is 0.399 e. The van der Waals surface area contributed by atoms with Gasteiger partial charge < -0.3 is 21.4 Å². The zero-order valence-corrected chi connectivity index (χ0v) is 10.9. The van der Waals surface area contributed by atoms with E-state index in [0.717, 1.165) is 23.7 Å². The molecule has 1 heterocycles. The Labute approximate surface area is 115 Å². The molecule has 0 unspecified atom stereocenters. The molecule has 1 aromatic carbocycles. The molecule has 5 N–H and O–H groups in total. The number of aromatic nitrogens is 1. The second-order valence-electron chi connectivity index (χ2n) is 5.03. The first kappa shape index (κ1) is 12.5. The third kappa shape index (κ3) is 2.59. The van der Waals surface area contributed by atoms with Gasteiger partial charge in [0.25, 0.3) is 5.91 Å². The number of anilines is 1. The summed E-state index contributed by atoms with van der Waals surface area (Å²) in [6, 6.07) is 5.61. The number of carbonyl (C=O) groups excluding carboxylic acids is 2. The van der Waals surface area contributed by atoms with E-state index >= 15 is 0 Å². The molecule has 6 heteroatoms. The summed E-state index contributed by atoms with van der Waals surface area (Å²) in [5.41, 5.74) is 7.64. The molecule has 2 amide bonds. The van der Waals surface area contributed by atoms with Gasteiger partial charge in [-0.2, -0.15) is 0 Å². The van der Waals surface area contributed by atoms with E-state index < -0.39 is 0 Å². The summed E-state index contributed by atoms with van der Waals surface area (Å²) in [5.74, 6) is -0.420. The van der Waals surface area contributed by atoms with Gasteiger partial charge in [-0.05, 0) is 31.0 Å². The minimum atomic E-state index is -0.271. The van der Waals surface area contributed by atoms with Gasteiger partial charge in [0.2, 0.25) is 5.91 Å². The maximum absolute atomic E-state index is 12.1. The van der Waals surface area contributed by atoms with Gasteiger partial charge in [0.05, 0.1) is 12.1 Å². The van der Waals surface area contributed by atoms with Gasteiger partial charge in [-0.1, -0.05) is 0 Å². The predicted octanol–water partition coefficient (Wildman–Crippen LogP) is 0.758. The van der Waals surface area contributed by atoms with E-state index in [1.54, 1.807) is 24.4 Å². The molecule has 1 aliphatic rings. The van der Waals surface area contributed by atoms with Gasteiger partial charge in [-0.15, -0.1) is 0 Å². The number of amides is 2. The van der Waals surface area contributed by atoms with Crippen molar-refractivity contribution in [3.8, 4) is 0 Å². The van der Waals surface area contributed by atoms with Crippen molar-refractivity contribution >= 4 is 28.4 Å².